The third-order valence-corrected chi connectivity index (χ3v) is 5.28. The second-order valence-electron chi connectivity index (χ2n) is 6.92. The van der Waals surface area contributed by atoms with Crippen LogP contribution in [0.3, 0.4) is 0 Å². The van der Waals surface area contributed by atoms with E-state index in [2.05, 4.69) is 33.6 Å². The minimum absolute atomic E-state index is 0.315. The van der Waals surface area contributed by atoms with Crippen molar-refractivity contribution in [1.29, 1.82) is 0 Å². The first kappa shape index (κ1) is 18.5. The van der Waals surface area contributed by atoms with Crippen LogP contribution in [0.1, 0.15) is 0 Å². The zero-order valence-electron chi connectivity index (χ0n) is 15.8. The van der Waals surface area contributed by atoms with Crippen LogP contribution >= 0.6 is 12.6 Å². The van der Waals surface area contributed by atoms with Crippen molar-refractivity contribution in [3.63, 3.8) is 0 Å². The van der Waals surface area contributed by atoms with E-state index in [0.717, 1.165) is 32.5 Å². The summed E-state index contributed by atoms with van der Waals surface area (Å²) in [5.74, 6) is -0.315. The standard InChI is InChI=1S/C25H16FN3S/c26-23-6-2-1-4-21(23)24-13-22(20-5-3-11-28-25(20)29-24)18-12-17(14-27-15-18)16-7-9-19(30)10-8-16/h1-15,30H. The van der Waals surface area contributed by atoms with Gasteiger partial charge in [-0.3, -0.25) is 4.98 Å². The molecule has 0 aliphatic heterocycles. The highest BCUT2D eigenvalue weighted by Gasteiger charge is 2.13. The molecule has 0 saturated heterocycles. The number of fused-ring (bicyclic) bond motifs is 1. The Bertz CT molecular complexity index is 1370. The largest absolute Gasteiger partial charge is 0.263 e. The lowest BCUT2D eigenvalue weighted by atomic mass is 9.98. The van der Waals surface area contributed by atoms with Gasteiger partial charge in [-0.05, 0) is 59.7 Å². The quantitative estimate of drug-likeness (QED) is 0.348. The van der Waals surface area contributed by atoms with Gasteiger partial charge in [0.1, 0.15) is 5.82 Å². The Morgan fingerprint density at radius 1 is 0.733 bits per heavy atom. The maximum Gasteiger partial charge on any atom is 0.160 e. The number of hydrogen-bond acceptors (Lipinski definition) is 4. The van der Waals surface area contributed by atoms with E-state index in [9.17, 15) is 4.39 Å². The van der Waals surface area contributed by atoms with Crippen molar-refractivity contribution in [2.24, 2.45) is 0 Å². The van der Waals surface area contributed by atoms with Gasteiger partial charge in [0.25, 0.3) is 0 Å². The van der Waals surface area contributed by atoms with E-state index >= 15 is 0 Å². The van der Waals surface area contributed by atoms with Crippen LogP contribution in [0, 0.1) is 5.82 Å². The molecule has 5 rings (SSSR count). The van der Waals surface area contributed by atoms with Crippen molar-refractivity contribution in [2.75, 3.05) is 0 Å². The summed E-state index contributed by atoms with van der Waals surface area (Å²) >= 11 is 4.36. The highest BCUT2D eigenvalue weighted by Crippen LogP contribution is 2.33. The first-order chi connectivity index (χ1) is 14.7. The van der Waals surface area contributed by atoms with Crippen LogP contribution in [-0.2, 0) is 0 Å². The number of aromatic nitrogens is 3. The molecule has 0 N–H and O–H groups in total. The van der Waals surface area contributed by atoms with Crippen molar-refractivity contribution in [3.8, 4) is 33.5 Å². The second kappa shape index (κ2) is 7.69. The fraction of sp³-hybridized carbons (Fsp3) is 0. The molecule has 5 heteroatoms. The zero-order chi connectivity index (χ0) is 20.5. The average Bonchev–Trinajstić information content (AvgIpc) is 2.79. The average molecular weight is 409 g/mol. The van der Waals surface area contributed by atoms with E-state index in [1.54, 1.807) is 24.4 Å². The summed E-state index contributed by atoms with van der Waals surface area (Å²) in [5, 5.41) is 0.891. The number of benzene rings is 2. The summed E-state index contributed by atoms with van der Waals surface area (Å²) < 4.78 is 14.4. The van der Waals surface area contributed by atoms with E-state index in [0.29, 0.717) is 16.9 Å². The normalized spacial score (nSPS) is 11.0. The molecule has 0 unspecified atom stereocenters. The van der Waals surface area contributed by atoms with Crippen molar-refractivity contribution >= 4 is 23.7 Å². The number of nitrogens with zero attached hydrogens (tertiary/aromatic N) is 3. The Hall–Kier alpha value is -3.57. The Kier molecular flexibility index (Phi) is 4.73. The van der Waals surface area contributed by atoms with E-state index < -0.39 is 0 Å². The number of halogens is 1. The third-order valence-electron chi connectivity index (χ3n) is 4.98. The lowest BCUT2D eigenvalue weighted by molar-refractivity contribution is 0.631. The minimum atomic E-state index is -0.315. The van der Waals surface area contributed by atoms with E-state index in [1.165, 1.54) is 6.07 Å². The minimum Gasteiger partial charge on any atom is -0.263 e. The molecule has 0 aliphatic rings. The highest BCUT2D eigenvalue weighted by molar-refractivity contribution is 7.80. The van der Waals surface area contributed by atoms with Gasteiger partial charge in [0.05, 0.1) is 5.69 Å². The van der Waals surface area contributed by atoms with Crippen LogP contribution in [0.2, 0.25) is 0 Å². The SMILES string of the molecule is Fc1ccccc1-c1cc(-c2cncc(-c3ccc(S)cc3)c2)c2cccnc2n1. The predicted molar refractivity (Wildman–Crippen MR) is 121 cm³/mol. The summed E-state index contributed by atoms with van der Waals surface area (Å²) in [7, 11) is 0. The Balaban J connectivity index is 1.72. The van der Waals surface area contributed by atoms with Gasteiger partial charge in [-0.15, -0.1) is 12.6 Å². The van der Waals surface area contributed by atoms with Gasteiger partial charge in [0.2, 0.25) is 0 Å². The molecule has 2 aromatic carbocycles. The first-order valence-electron chi connectivity index (χ1n) is 9.44. The molecule has 0 fully saturated rings. The fourth-order valence-electron chi connectivity index (χ4n) is 3.50. The van der Waals surface area contributed by atoms with Gasteiger partial charge in [-0.2, -0.15) is 0 Å². The van der Waals surface area contributed by atoms with Gasteiger partial charge >= 0.3 is 0 Å². The van der Waals surface area contributed by atoms with Gasteiger partial charge < -0.3 is 0 Å². The van der Waals surface area contributed by atoms with Crippen LogP contribution in [0.15, 0.2) is 96.3 Å². The molecule has 0 aliphatic carbocycles. The molecule has 0 radical (unpaired) electrons. The van der Waals surface area contributed by atoms with Crippen LogP contribution < -0.4 is 0 Å². The molecule has 0 bridgehead atoms. The molecule has 0 spiro atoms. The van der Waals surface area contributed by atoms with Crippen molar-refractivity contribution in [1.82, 2.24) is 15.0 Å². The predicted octanol–water partition coefficient (Wildman–Crippen LogP) is 6.45. The van der Waals surface area contributed by atoms with Crippen LogP contribution in [0.4, 0.5) is 4.39 Å². The summed E-state index contributed by atoms with van der Waals surface area (Å²) in [6.07, 6.45) is 5.33. The number of rotatable bonds is 3. The van der Waals surface area contributed by atoms with Crippen molar-refractivity contribution in [2.45, 2.75) is 4.90 Å². The molecule has 5 aromatic rings. The smallest absolute Gasteiger partial charge is 0.160 e. The van der Waals surface area contributed by atoms with Crippen LogP contribution in [0.25, 0.3) is 44.5 Å². The van der Waals surface area contributed by atoms with Crippen molar-refractivity contribution < 1.29 is 4.39 Å². The van der Waals surface area contributed by atoms with Gasteiger partial charge in [-0.25, -0.2) is 14.4 Å². The lowest BCUT2D eigenvalue weighted by Gasteiger charge is -2.11. The summed E-state index contributed by atoms with van der Waals surface area (Å²) in [5.41, 5.74) is 5.42. The molecule has 0 atom stereocenters. The summed E-state index contributed by atoms with van der Waals surface area (Å²) in [6.45, 7) is 0. The Labute approximate surface area is 178 Å². The lowest BCUT2D eigenvalue weighted by Crippen LogP contribution is -1.94. The molecule has 144 valence electrons. The van der Waals surface area contributed by atoms with E-state index in [-0.39, 0.29) is 5.82 Å². The molecule has 30 heavy (non-hydrogen) atoms. The summed E-state index contributed by atoms with van der Waals surface area (Å²) in [4.78, 5) is 14.4. The topological polar surface area (TPSA) is 38.7 Å². The molecular formula is C25H16FN3S. The number of thiol groups is 1. The van der Waals surface area contributed by atoms with Gasteiger partial charge in [0, 0.05) is 45.6 Å². The van der Waals surface area contributed by atoms with Crippen molar-refractivity contribution in [3.05, 3.63) is 97.2 Å². The third kappa shape index (κ3) is 3.44. The molecule has 3 heterocycles. The second-order valence-corrected chi connectivity index (χ2v) is 7.44. The molecule has 3 nitrogen and oxygen atoms in total. The maximum atomic E-state index is 14.4. The molecule has 0 amide bonds. The first-order valence-corrected chi connectivity index (χ1v) is 9.89. The maximum absolute atomic E-state index is 14.4. The van der Waals surface area contributed by atoms with E-state index in [1.807, 2.05) is 54.9 Å². The van der Waals surface area contributed by atoms with Gasteiger partial charge in [-0.1, -0.05) is 24.3 Å². The van der Waals surface area contributed by atoms with Gasteiger partial charge in [0.15, 0.2) is 5.65 Å². The fourth-order valence-corrected chi connectivity index (χ4v) is 3.65. The number of pyridine rings is 3. The number of hydrogen-bond donors (Lipinski definition) is 1. The monoisotopic (exact) mass is 409 g/mol. The van der Waals surface area contributed by atoms with Crippen LogP contribution in [-0.4, -0.2) is 15.0 Å². The highest BCUT2D eigenvalue weighted by atomic mass is 32.1. The Morgan fingerprint density at radius 3 is 2.37 bits per heavy atom. The van der Waals surface area contributed by atoms with Crippen LogP contribution in [0.5, 0.6) is 0 Å². The molecule has 3 aromatic heterocycles. The molecular weight excluding hydrogens is 393 g/mol. The zero-order valence-corrected chi connectivity index (χ0v) is 16.7. The van der Waals surface area contributed by atoms with E-state index in [4.69, 9.17) is 0 Å². The summed E-state index contributed by atoms with van der Waals surface area (Å²) in [6, 6.07) is 22.4. The Morgan fingerprint density at radius 2 is 1.53 bits per heavy atom. The molecule has 0 saturated carbocycles.